The number of nitrogens with zero attached hydrogens (tertiary/aromatic N) is 2. The summed E-state index contributed by atoms with van der Waals surface area (Å²) in [6.07, 6.45) is 0.321. The van der Waals surface area contributed by atoms with Crippen LogP contribution in [0.5, 0.6) is 0 Å². The lowest BCUT2D eigenvalue weighted by atomic mass is 10.1. The Morgan fingerprint density at radius 2 is 1.81 bits per heavy atom. The van der Waals surface area contributed by atoms with Crippen LogP contribution in [-0.4, -0.2) is 38.4 Å². The first-order valence-electron chi connectivity index (χ1n) is 10.2. The Kier molecular flexibility index (Phi) is 7.46. The number of ether oxygens (including phenoxy) is 1. The Morgan fingerprint density at radius 3 is 2.48 bits per heavy atom. The van der Waals surface area contributed by atoms with Crippen LogP contribution in [0.3, 0.4) is 0 Å². The van der Waals surface area contributed by atoms with Crippen molar-refractivity contribution in [2.24, 2.45) is 4.99 Å². The maximum absolute atomic E-state index is 12.5. The van der Waals surface area contributed by atoms with Gasteiger partial charge in [0.05, 0.1) is 27.5 Å². The molecule has 31 heavy (non-hydrogen) atoms. The van der Waals surface area contributed by atoms with Crippen LogP contribution in [0.1, 0.15) is 29.5 Å². The lowest BCUT2D eigenvalue weighted by Crippen LogP contribution is -2.19. The average molecular weight is 461 g/mol. The monoisotopic (exact) mass is 460 g/mol. The number of rotatable bonds is 8. The summed E-state index contributed by atoms with van der Waals surface area (Å²) >= 11 is 1.48. The minimum absolute atomic E-state index is 0.0777. The van der Waals surface area contributed by atoms with Crippen LogP contribution in [0.4, 0.5) is 0 Å². The van der Waals surface area contributed by atoms with Crippen molar-refractivity contribution in [3.05, 3.63) is 57.9 Å². The number of hydrogen-bond donors (Lipinski definition) is 0. The average Bonchev–Trinajstić information content (AvgIpc) is 3.03. The van der Waals surface area contributed by atoms with Gasteiger partial charge in [0.15, 0.2) is 14.6 Å². The number of amides is 1. The van der Waals surface area contributed by atoms with E-state index in [0.717, 1.165) is 26.9 Å². The van der Waals surface area contributed by atoms with Gasteiger partial charge in [-0.1, -0.05) is 35.1 Å². The molecule has 0 unspecified atom stereocenters. The molecule has 0 atom stereocenters. The topological polar surface area (TPSA) is 77.7 Å². The van der Waals surface area contributed by atoms with Crippen LogP contribution in [0.25, 0.3) is 10.2 Å². The first kappa shape index (κ1) is 23.4. The van der Waals surface area contributed by atoms with Crippen molar-refractivity contribution in [2.75, 3.05) is 19.5 Å². The van der Waals surface area contributed by atoms with Crippen molar-refractivity contribution in [2.45, 2.75) is 45.1 Å². The van der Waals surface area contributed by atoms with Gasteiger partial charge < -0.3 is 9.30 Å². The number of methoxy groups -OCH3 is 1. The zero-order chi connectivity index (χ0) is 22.6. The van der Waals surface area contributed by atoms with E-state index in [2.05, 4.69) is 17.1 Å². The van der Waals surface area contributed by atoms with E-state index in [1.165, 1.54) is 11.3 Å². The lowest BCUT2D eigenvalue weighted by molar-refractivity contribution is -0.118. The van der Waals surface area contributed by atoms with Crippen molar-refractivity contribution < 1.29 is 17.9 Å². The molecule has 6 nitrogen and oxygen atoms in total. The number of benzene rings is 2. The number of aromatic nitrogens is 1. The Hall–Kier alpha value is -2.29. The molecular formula is C23H28N2O4S2. The van der Waals surface area contributed by atoms with E-state index in [9.17, 15) is 13.2 Å². The number of aryl methyl sites for hydroxylation is 3. The summed E-state index contributed by atoms with van der Waals surface area (Å²) in [5.41, 5.74) is 4.33. The molecule has 0 aliphatic carbocycles. The number of carbonyl (C=O) groups excluding carboxylic acids is 1. The zero-order valence-corrected chi connectivity index (χ0v) is 20.0. The summed E-state index contributed by atoms with van der Waals surface area (Å²) in [5, 5.41) is 0. The highest BCUT2D eigenvalue weighted by Gasteiger charge is 2.15. The molecule has 1 aromatic heterocycles. The second-order valence-corrected chi connectivity index (χ2v) is 10.8. The number of carbonyl (C=O) groups is 1. The summed E-state index contributed by atoms with van der Waals surface area (Å²) in [7, 11) is -1.77. The molecule has 0 saturated heterocycles. The van der Waals surface area contributed by atoms with Crippen LogP contribution in [0, 0.1) is 20.8 Å². The Balaban J connectivity index is 1.78. The number of fused-ring (bicyclic) bond motifs is 1. The van der Waals surface area contributed by atoms with Gasteiger partial charge in [0, 0.05) is 20.1 Å². The van der Waals surface area contributed by atoms with Crippen LogP contribution in [0.2, 0.25) is 0 Å². The third-order valence-corrected chi connectivity index (χ3v) is 8.08. The standard InChI is InChI=1S/C23H28N2O4S2/c1-16-7-9-19(10-8-16)31(27,28)13-5-6-21(26)24-23-25(11-12-29-4)20-15-17(2)14-18(3)22(20)30-23/h7-10,14-15H,5-6,11-13H2,1-4H3. The van der Waals surface area contributed by atoms with E-state index in [-0.39, 0.29) is 29.4 Å². The van der Waals surface area contributed by atoms with Crippen LogP contribution in [0.15, 0.2) is 46.3 Å². The van der Waals surface area contributed by atoms with Gasteiger partial charge in [-0.25, -0.2) is 8.42 Å². The van der Waals surface area contributed by atoms with Gasteiger partial charge in [-0.05, 0) is 56.5 Å². The van der Waals surface area contributed by atoms with Gasteiger partial charge in [0.25, 0.3) is 0 Å². The Bertz CT molecular complexity index is 1250. The van der Waals surface area contributed by atoms with Crippen LogP contribution >= 0.6 is 11.3 Å². The first-order valence-corrected chi connectivity index (χ1v) is 12.6. The summed E-state index contributed by atoms with van der Waals surface area (Å²) < 4.78 is 33.3. The van der Waals surface area contributed by atoms with Gasteiger partial charge in [0.1, 0.15) is 0 Å². The molecule has 0 N–H and O–H groups in total. The van der Waals surface area contributed by atoms with Crippen LogP contribution in [-0.2, 0) is 25.9 Å². The summed E-state index contributed by atoms with van der Waals surface area (Å²) in [6, 6.07) is 11.0. The fourth-order valence-corrected chi connectivity index (χ4v) is 5.87. The van der Waals surface area contributed by atoms with Crippen molar-refractivity contribution in [1.29, 1.82) is 0 Å². The molecule has 0 radical (unpaired) electrons. The molecule has 2 aromatic carbocycles. The number of thiazole rings is 1. The third kappa shape index (κ3) is 5.70. The molecule has 0 spiro atoms. The zero-order valence-electron chi connectivity index (χ0n) is 18.3. The van der Waals surface area contributed by atoms with Crippen molar-refractivity contribution in [1.82, 2.24) is 4.57 Å². The van der Waals surface area contributed by atoms with Crippen LogP contribution < -0.4 is 4.80 Å². The number of hydrogen-bond acceptors (Lipinski definition) is 5. The SMILES string of the molecule is COCCn1c(=NC(=O)CCCS(=O)(=O)c2ccc(C)cc2)sc2c(C)cc(C)cc21. The highest BCUT2D eigenvalue weighted by molar-refractivity contribution is 7.91. The van der Waals surface area contributed by atoms with E-state index in [4.69, 9.17) is 4.74 Å². The maximum Gasteiger partial charge on any atom is 0.248 e. The predicted molar refractivity (Wildman–Crippen MR) is 124 cm³/mol. The molecule has 8 heteroatoms. The summed E-state index contributed by atoms with van der Waals surface area (Å²) in [4.78, 5) is 17.8. The molecule has 1 amide bonds. The molecule has 166 valence electrons. The molecule has 3 rings (SSSR count). The fourth-order valence-electron chi connectivity index (χ4n) is 3.44. The van der Waals surface area contributed by atoms with Crippen molar-refractivity contribution in [3.8, 4) is 0 Å². The second kappa shape index (κ2) is 9.89. The van der Waals surface area contributed by atoms with E-state index >= 15 is 0 Å². The van der Waals surface area contributed by atoms with E-state index in [1.54, 1.807) is 31.4 Å². The Morgan fingerprint density at radius 1 is 1.10 bits per heavy atom. The van der Waals surface area contributed by atoms with Gasteiger partial charge in [-0.2, -0.15) is 4.99 Å². The Labute approximate surface area is 187 Å². The van der Waals surface area contributed by atoms with Crippen molar-refractivity contribution >= 4 is 37.3 Å². The highest BCUT2D eigenvalue weighted by Crippen LogP contribution is 2.23. The quantitative estimate of drug-likeness (QED) is 0.510. The molecular weight excluding hydrogens is 432 g/mol. The van der Waals surface area contributed by atoms with E-state index in [1.807, 2.05) is 25.3 Å². The highest BCUT2D eigenvalue weighted by atomic mass is 32.2. The van der Waals surface area contributed by atoms with Crippen molar-refractivity contribution in [3.63, 3.8) is 0 Å². The minimum atomic E-state index is -3.41. The summed E-state index contributed by atoms with van der Waals surface area (Å²) in [5.74, 6) is -0.391. The van der Waals surface area contributed by atoms with Gasteiger partial charge >= 0.3 is 0 Å². The largest absolute Gasteiger partial charge is 0.383 e. The third-order valence-electron chi connectivity index (χ3n) is 5.04. The molecule has 0 saturated carbocycles. The maximum atomic E-state index is 12.5. The molecule has 3 aromatic rings. The molecule has 0 aliphatic rings. The lowest BCUT2D eigenvalue weighted by Gasteiger charge is -2.06. The number of sulfone groups is 1. The molecule has 1 heterocycles. The normalized spacial score (nSPS) is 12.6. The smallest absolute Gasteiger partial charge is 0.248 e. The molecule has 0 aliphatic heterocycles. The van der Waals surface area contributed by atoms with Gasteiger partial charge in [0.2, 0.25) is 5.91 Å². The predicted octanol–water partition coefficient (Wildman–Crippen LogP) is 3.96. The van der Waals surface area contributed by atoms with Gasteiger partial charge in [-0.15, -0.1) is 0 Å². The minimum Gasteiger partial charge on any atom is -0.383 e. The fraction of sp³-hybridized carbons (Fsp3) is 0.391. The van der Waals surface area contributed by atoms with Gasteiger partial charge in [-0.3, -0.25) is 4.79 Å². The molecule has 0 bridgehead atoms. The van der Waals surface area contributed by atoms with E-state index < -0.39 is 9.84 Å². The second-order valence-electron chi connectivity index (χ2n) is 7.70. The molecule has 0 fully saturated rings. The summed E-state index contributed by atoms with van der Waals surface area (Å²) in [6.45, 7) is 7.10. The van der Waals surface area contributed by atoms with E-state index in [0.29, 0.717) is 18.0 Å². The first-order chi connectivity index (χ1) is 14.7.